The van der Waals surface area contributed by atoms with E-state index in [4.69, 9.17) is 4.74 Å². The van der Waals surface area contributed by atoms with Gasteiger partial charge in [0.05, 0.1) is 0 Å². The standard InChI is InChI=1S/C15H31N3O2.2ClH/c1-12(2)18(13(3)4)11-10-17-14(19)15(20-5)6-8-16-9-7-15;;/h12-13,16H,6-11H2,1-5H3,(H,17,19);2*1H. The van der Waals surface area contributed by atoms with E-state index >= 15 is 0 Å². The predicted molar refractivity (Wildman–Crippen MR) is 96.3 cm³/mol. The number of carbonyl (C=O) groups is 1. The van der Waals surface area contributed by atoms with E-state index in [1.807, 2.05) is 0 Å². The third-order valence-corrected chi connectivity index (χ3v) is 4.20. The molecule has 0 atom stereocenters. The average Bonchev–Trinajstić information content (AvgIpc) is 2.43. The zero-order valence-electron chi connectivity index (χ0n) is 14.5. The van der Waals surface area contributed by atoms with E-state index in [1.54, 1.807) is 7.11 Å². The zero-order chi connectivity index (χ0) is 15.2. The van der Waals surface area contributed by atoms with Crippen LogP contribution in [0.4, 0.5) is 0 Å². The normalized spacial score (nSPS) is 17.1. The number of nitrogens with zero attached hydrogens (tertiary/aromatic N) is 1. The predicted octanol–water partition coefficient (Wildman–Crippen LogP) is 1.83. The van der Waals surface area contributed by atoms with Crippen LogP contribution < -0.4 is 10.6 Å². The summed E-state index contributed by atoms with van der Waals surface area (Å²) in [6.07, 6.45) is 1.49. The molecular weight excluding hydrogens is 325 g/mol. The van der Waals surface area contributed by atoms with Crippen LogP contribution in [0.15, 0.2) is 0 Å². The minimum atomic E-state index is -0.633. The van der Waals surface area contributed by atoms with E-state index in [9.17, 15) is 4.79 Å². The molecule has 0 bridgehead atoms. The molecule has 1 saturated heterocycles. The van der Waals surface area contributed by atoms with E-state index in [0.29, 0.717) is 18.6 Å². The molecule has 1 amide bonds. The molecule has 1 heterocycles. The first-order valence-electron chi connectivity index (χ1n) is 7.73. The van der Waals surface area contributed by atoms with Gasteiger partial charge in [0.15, 0.2) is 0 Å². The van der Waals surface area contributed by atoms with Gasteiger partial charge >= 0.3 is 0 Å². The monoisotopic (exact) mass is 357 g/mol. The molecule has 134 valence electrons. The summed E-state index contributed by atoms with van der Waals surface area (Å²) in [5.74, 6) is 0.0361. The van der Waals surface area contributed by atoms with Crippen LogP contribution in [0, 0.1) is 0 Å². The molecule has 7 heteroatoms. The summed E-state index contributed by atoms with van der Waals surface area (Å²) in [5.41, 5.74) is -0.633. The van der Waals surface area contributed by atoms with Crippen molar-refractivity contribution in [3.63, 3.8) is 0 Å². The number of halogens is 2. The Hall–Kier alpha value is -0.0700. The first-order chi connectivity index (χ1) is 9.43. The molecule has 0 unspecified atom stereocenters. The molecule has 0 spiro atoms. The van der Waals surface area contributed by atoms with Crippen LogP contribution in [-0.2, 0) is 9.53 Å². The quantitative estimate of drug-likeness (QED) is 0.729. The van der Waals surface area contributed by atoms with Gasteiger partial charge in [0.2, 0.25) is 0 Å². The van der Waals surface area contributed by atoms with Gasteiger partial charge in [-0.1, -0.05) is 0 Å². The highest BCUT2D eigenvalue weighted by Gasteiger charge is 2.39. The molecule has 1 fully saturated rings. The van der Waals surface area contributed by atoms with Gasteiger partial charge in [-0.25, -0.2) is 0 Å². The Morgan fingerprint density at radius 2 is 1.68 bits per heavy atom. The summed E-state index contributed by atoms with van der Waals surface area (Å²) >= 11 is 0. The van der Waals surface area contributed by atoms with Crippen molar-refractivity contribution in [2.24, 2.45) is 0 Å². The molecule has 1 aliphatic rings. The Bertz CT molecular complexity index is 301. The second-order valence-electron chi connectivity index (χ2n) is 6.13. The molecule has 1 rings (SSSR count). The van der Waals surface area contributed by atoms with Crippen LogP contribution in [0.3, 0.4) is 0 Å². The molecule has 22 heavy (non-hydrogen) atoms. The van der Waals surface area contributed by atoms with Crippen LogP contribution in [-0.4, -0.2) is 61.8 Å². The maximum atomic E-state index is 12.4. The molecule has 0 saturated carbocycles. The number of piperidine rings is 1. The average molecular weight is 358 g/mol. The Morgan fingerprint density at radius 3 is 2.09 bits per heavy atom. The topological polar surface area (TPSA) is 53.6 Å². The van der Waals surface area contributed by atoms with Crippen LogP contribution in [0.1, 0.15) is 40.5 Å². The maximum absolute atomic E-state index is 12.4. The molecule has 5 nitrogen and oxygen atoms in total. The van der Waals surface area contributed by atoms with Crippen LogP contribution in [0.2, 0.25) is 0 Å². The van der Waals surface area contributed by atoms with Gasteiger partial charge in [0.25, 0.3) is 5.91 Å². The van der Waals surface area contributed by atoms with Gasteiger partial charge in [-0.05, 0) is 53.6 Å². The van der Waals surface area contributed by atoms with Crippen molar-refractivity contribution in [2.75, 3.05) is 33.3 Å². The molecule has 0 aromatic rings. The molecule has 0 radical (unpaired) electrons. The molecule has 1 aliphatic heterocycles. The Morgan fingerprint density at radius 1 is 1.18 bits per heavy atom. The van der Waals surface area contributed by atoms with E-state index < -0.39 is 5.60 Å². The summed E-state index contributed by atoms with van der Waals surface area (Å²) < 4.78 is 5.53. The summed E-state index contributed by atoms with van der Waals surface area (Å²) in [4.78, 5) is 14.8. The van der Waals surface area contributed by atoms with E-state index in [1.165, 1.54) is 0 Å². The van der Waals surface area contributed by atoms with Crippen molar-refractivity contribution in [1.29, 1.82) is 0 Å². The Kier molecular flexibility index (Phi) is 12.6. The van der Waals surface area contributed by atoms with Gasteiger partial charge < -0.3 is 15.4 Å². The smallest absolute Gasteiger partial charge is 0.252 e. The molecule has 0 aliphatic carbocycles. The van der Waals surface area contributed by atoms with Crippen LogP contribution in [0.5, 0.6) is 0 Å². The van der Waals surface area contributed by atoms with Crippen molar-refractivity contribution in [1.82, 2.24) is 15.5 Å². The third kappa shape index (κ3) is 6.59. The highest BCUT2D eigenvalue weighted by atomic mass is 35.5. The second-order valence-corrected chi connectivity index (χ2v) is 6.13. The van der Waals surface area contributed by atoms with E-state index in [2.05, 4.69) is 43.2 Å². The summed E-state index contributed by atoms with van der Waals surface area (Å²) in [6, 6.07) is 0.976. The fourth-order valence-corrected chi connectivity index (χ4v) is 2.93. The minimum Gasteiger partial charge on any atom is -0.368 e. The lowest BCUT2D eigenvalue weighted by Crippen LogP contribution is -2.55. The summed E-state index contributed by atoms with van der Waals surface area (Å²) in [5, 5.41) is 6.32. The number of carbonyl (C=O) groups excluding carboxylic acids is 1. The number of hydrogen-bond donors (Lipinski definition) is 2. The fourth-order valence-electron chi connectivity index (χ4n) is 2.93. The fraction of sp³-hybridized carbons (Fsp3) is 0.933. The molecule has 2 N–H and O–H groups in total. The molecule has 0 aromatic heterocycles. The largest absolute Gasteiger partial charge is 0.368 e. The second kappa shape index (κ2) is 11.5. The highest BCUT2D eigenvalue weighted by Crippen LogP contribution is 2.22. The highest BCUT2D eigenvalue weighted by molar-refractivity contribution is 5.86. The van der Waals surface area contributed by atoms with Crippen molar-refractivity contribution < 1.29 is 9.53 Å². The SMILES string of the molecule is COC1(C(=O)NCCN(C(C)C)C(C)C)CCNCC1.Cl.Cl. The van der Waals surface area contributed by atoms with Crippen molar-refractivity contribution in [3.05, 3.63) is 0 Å². The van der Waals surface area contributed by atoms with E-state index in [0.717, 1.165) is 32.5 Å². The van der Waals surface area contributed by atoms with Crippen molar-refractivity contribution in [3.8, 4) is 0 Å². The Balaban J connectivity index is 0. The number of amides is 1. The van der Waals surface area contributed by atoms with Crippen LogP contribution >= 0.6 is 24.8 Å². The third-order valence-electron chi connectivity index (χ3n) is 4.20. The van der Waals surface area contributed by atoms with Crippen LogP contribution in [0.25, 0.3) is 0 Å². The number of nitrogens with one attached hydrogen (secondary N) is 2. The van der Waals surface area contributed by atoms with Crippen molar-refractivity contribution >= 4 is 30.7 Å². The number of methoxy groups -OCH3 is 1. The first-order valence-corrected chi connectivity index (χ1v) is 7.73. The van der Waals surface area contributed by atoms with Gasteiger partial charge in [-0.15, -0.1) is 24.8 Å². The summed E-state index contributed by atoms with van der Waals surface area (Å²) in [6.45, 7) is 12.0. The maximum Gasteiger partial charge on any atom is 0.252 e. The Labute approximate surface area is 147 Å². The van der Waals surface area contributed by atoms with Gasteiger partial charge in [0.1, 0.15) is 5.60 Å². The number of rotatable bonds is 7. The minimum absolute atomic E-state index is 0. The lowest BCUT2D eigenvalue weighted by molar-refractivity contribution is -0.146. The van der Waals surface area contributed by atoms with Gasteiger partial charge in [0, 0.05) is 32.3 Å². The lowest BCUT2D eigenvalue weighted by Gasteiger charge is -2.35. The molecule has 0 aromatic carbocycles. The molecular formula is C15H33Cl2N3O2. The van der Waals surface area contributed by atoms with E-state index in [-0.39, 0.29) is 30.7 Å². The summed E-state index contributed by atoms with van der Waals surface area (Å²) in [7, 11) is 1.64. The first kappa shape index (κ1) is 24.2. The van der Waals surface area contributed by atoms with Gasteiger partial charge in [-0.2, -0.15) is 0 Å². The number of hydrogen-bond acceptors (Lipinski definition) is 4. The number of ether oxygens (including phenoxy) is 1. The lowest BCUT2D eigenvalue weighted by atomic mass is 9.91. The van der Waals surface area contributed by atoms with Crippen molar-refractivity contribution in [2.45, 2.75) is 58.2 Å². The zero-order valence-corrected chi connectivity index (χ0v) is 16.1. The van der Waals surface area contributed by atoms with Gasteiger partial charge in [-0.3, -0.25) is 9.69 Å².